The predicted octanol–water partition coefficient (Wildman–Crippen LogP) is 3.20. The van der Waals surface area contributed by atoms with Gasteiger partial charge in [0, 0.05) is 24.1 Å². The molecule has 0 saturated carbocycles. The zero-order chi connectivity index (χ0) is 23.8. The molecular weight excluding hydrogens is 440 g/mol. The van der Waals surface area contributed by atoms with Gasteiger partial charge in [-0.15, -0.1) is 0 Å². The second-order valence-electron chi connectivity index (χ2n) is 9.25. The number of rotatable bonds is 18. The summed E-state index contributed by atoms with van der Waals surface area (Å²) in [5.74, 6) is 0.626. The van der Waals surface area contributed by atoms with Gasteiger partial charge in [-0.05, 0) is 31.0 Å². The van der Waals surface area contributed by atoms with Gasteiger partial charge in [0.15, 0.2) is 0 Å². The Morgan fingerprint density at radius 3 is 2.15 bits per heavy atom. The lowest BCUT2D eigenvalue weighted by Gasteiger charge is -2.34. The van der Waals surface area contributed by atoms with E-state index < -0.39 is 0 Å². The minimum atomic E-state index is -0.386. The molecular formula is C26H45ClN2O4. The Morgan fingerprint density at radius 1 is 1.06 bits per heavy atom. The van der Waals surface area contributed by atoms with Gasteiger partial charge >= 0.3 is 0 Å². The molecule has 1 atom stereocenters. The van der Waals surface area contributed by atoms with Crippen LogP contribution >= 0.6 is 0 Å². The molecule has 0 aromatic heterocycles. The number of methoxy groups -OCH3 is 1. The summed E-state index contributed by atoms with van der Waals surface area (Å²) in [7, 11) is 3.76. The van der Waals surface area contributed by atoms with E-state index in [2.05, 4.69) is 14.0 Å². The van der Waals surface area contributed by atoms with E-state index >= 15 is 0 Å². The van der Waals surface area contributed by atoms with E-state index in [9.17, 15) is 15.2 Å². The minimum Gasteiger partial charge on any atom is -1.00 e. The highest BCUT2D eigenvalue weighted by atomic mass is 35.5. The molecule has 190 valence electrons. The van der Waals surface area contributed by atoms with Crippen LogP contribution in [0.2, 0.25) is 0 Å². The number of ether oxygens (including phenoxy) is 1. The minimum absolute atomic E-state index is 0. The third-order valence-corrected chi connectivity index (χ3v) is 6.20. The summed E-state index contributed by atoms with van der Waals surface area (Å²) in [5.41, 5.74) is 1.89. The largest absolute Gasteiger partial charge is 1.00 e. The van der Waals surface area contributed by atoms with Crippen molar-refractivity contribution >= 4 is 6.08 Å². The number of unbranched alkanes of at least 4 members (excludes halogenated alkanes) is 9. The van der Waals surface area contributed by atoms with Gasteiger partial charge in [-0.2, -0.15) is 0 Å². The van der Waals surface area contributed by atoms with Crippen molar-refractivity contribution in [2.24, 2.45) is 0 Å². The van der Waals surface area contributed by atoms with Crippen molar-refractivity contribution in [2.45, 2.75) is 84.6 Å². The van der Waals surface area contributed by atoms with Gasteiger partial charge in [0.1, 0.15) is 18.8 Å². The van der Waals surface area contributed by atoms with E-state index in [-0.39, 0.29) is 29.6 Å². The van der Waals surface area contributed by atoms with Crippen LogP contribution in [0.25, 0.3) is 6.08 Å². The summed E-state index contributed by atoms with van der Waals surface area (Å²) in [6.45, 7) is 6.39. The molecule has 1 aromatic rings. The van der Waals surface area contributed by atoms with Crippen LogP contribution in [0.15, 0.2) is 23.9 Å². The van der Waals surface area contributed by atoms with Crippen LogP contribution in [0, 0.1) is 10.1 Å². The van der Waals surface area contributed by atoms with Crippen molar-refractivity contribution < 1.29 is 31.7 Å². The molecule has 7 heteroatoms. The first-order chi connectivity index (χ1) is 15.3. The quantitative estimate of drug-likeness (QED) is 0.150. The molecule has 0 radical (unpaired) electrons. The van der Waals surface area contributed by atoms with Crippen LogP contribution in [0.3, 0.4) is 0 Å². The zero-order valence-corrected chi connectivity index (χ0v) is 21.9. The molecule has 0 bridgehead atoms. The van der Waals surface area contributed by atoms with Crippen LogP contribution in [-0.4, -0.2) is 48.4 Å². The molecule has 0 aliphatic carbocycles. The number of nitrogens with zero attached hydrogens (tertiary/aromatic N) is 2. The van der Waals surface area contributed by atoms with E-state index in [0.29, 0.717) is 17.9 Å². The predicted molar refractivity (Wildman–Crippen MR) is 132 cm³/mol. The summed E-state index contributed by atoms with van der Waals surface area (Å²) in [6.07, 6.45) is 14.7. The lowest BCUT2D eigenvalue weighted by Crippen LogP contribution is -3.00. The number of nitro groups is 1. The van der Waals surface area contributed by atoms with Crippen molar-refractivity contribution in [2.75, 3.05) is 33.9 Å². The summed E-state index contributed by atoms with van der Waals surface area (Å²) in [6, 6.07) is 5.86. The Balaban J connectivity index is 0.0000102. The van der Waals surface area contributed by atoms with Crippen LogP contribution in [0.5, 0.6) is 5.75 Å². The fourth-order valence-electron chi connectivity index (χ4n) is 4.21. The number of halogens is 1. The van der Waals surface area contributed by atoms with Crippen molar-refractivity contribution in [3.63, 3.8) is 0 Å². The molecule has 6 nitrogen and oxygen atoms in total. The summed E-state index contributed by atoms with van der Waals surface area (Å²) in [5, 5.41) is 20.7. The molecule has 0 amide bonds. The van der Waals surface area contributed by atoms with Gasteiger partial charge in [-0.3, -0.25) is 10.1 Å². The van der Waals surface area contributed by atoms with E-state index in [4.69, 9.17) is 4.74 Å². The number of quaternary nitrogens is 1. The zero-order valence-electron chi connectivity index (χ0n) is 21.2. The second-order valence-corrected chi connectivity index (χ2v) is 9.25. The number of allylic oxidation sites excluding steroid dienone is 1. The van der Waals surface area contributed by atoms with E-state index in [1.165, 1.54) is 64.7 Å². The summed E-state index contributed by atoms with van der Waals surface area (Å²) >= 11 is 0. The normalized spacial score (nSPS) is 13.3. The molecule has 0 saturated heterocycles. The Hall–Kier alpha value is -1.63. The fourth-order valence-corrected chi connectivity index (χ4v) is 4.21. The fraction of sp³-hybridized carbons (Fsp3) is 0.692. The van der Waals surface area contributed by atoms with Crippen molar-refractivity contribution in [3.8, 4) is 5.75 Å². The molecule has 0 spiro atoms. The number of hydrogen-bond acceptors (Lipinski definition) is 4. The van der Waals surface area contributed by atoms with E-state index in [1.807, 2.05) is 18.2 Å². The van der Waals surface area contributed by atoms with Crippen LogP contribution < -0.4 is 17.1 Å². The van der Waals surface area contributed by atoms with Gasteiger partial charge in [-0.25, -0.2) is 0 Å². The van der Waals surface area contributed by atoms with Gasteiger partial charge in [0.05, 0.1) is 32.2 Å². The molecule has 1 unspecified atom stereocenters. The highest BCUT2D eigenvalue weighted by Gasteiger charge is 2.22. The molecule has 33 heavy (non-hydrogen) atoms. The van der Waals surface area contributed by atoms with Gasteiger partial charge in [0.25, 0.3) is 0 Å². The third-order valence-electron chi connectivity index (χ3n) is 6.20. The number of likely N-dealkylation sites (N-methyl/N-ethyl adjacent to an activating group) is 1. The highest BCUT2D eigenvalue weighted by Crippen LogP contribution is 2.25. The van der Waals surface area contributed by atoms with Gasteiger partial charge in [-0.1, -0.05) is 58.3 Å². The molecule has 1 N–H and O–H groups in total. The average molecular weight is 485 g/mol. The van der Waals surface area contributed by atoms with Crippen LogP contribution in [-0.2, 0) is 6.54 Å². The second kappa shape index (κ2) is 17.8. The Morgan fingerprint density at radius 2 is 1.64 bits per heavy atom. The van der Waals surface area contributed by atoms with Gasteiger partial charge < -0.3 is 26.7 Å². The number of aliphatic hydroxyl groups is 1. The Bertz CT molecular complexity index is 712. The molecule has 0 heterocycles. The van der Waals surface area contributed by atoms with Crippen molar-refractivity contribution in [1.82, 2.24) is 0 Å². The number of benzene rings is 1. The first-order valence-corrected chi connectivity index (χ1v) is 12.3. The Labute approximate surface area is 207 Å². The topological polar surface area (TPSA) is 72.6 Å². The molecule has 0 aliphatic rings. The number of hydrogen-bond donors (Lipinski definition) is 1. The maximum absolute atomic E-state index is 11.0. The highest BCUT2D eigenvalue weighted by molar-refractivity contribution is 5.59. The lowest BCUT2D eigenvalue weighted by molar-refractivity contribution is -0.923. The first-order valence-electron chi connectivity index (χ1n) is 12.3. The Kier molecular flexibility index (Phi) is 16.9. The smallest absolute Gasteiger partial charge is 0.243 e. The lowest BCUT2D eigenvalue weighted by atomic mass is 10.1. The van der Waals surface area contributed by atoms with Crippen molar-refractivity contribution in [1.29, 1.82) is 0 Å². The maximum atomic E-state index is 11.0. The summed E-state index contributed by atoms with van der Waals surface area (Å²) < 4.78 is 6.15. The van der Waals surface area contributed by atoms with E-state index in [0.717, 1.165) is 29.6 Å². The molecule has 1 aromatic carbocycles. The first kappa shape index (κ1) is 31.4. The van der Waals surface area contributed by atoms with Crippen molar-refractivity contribution in [3.05, 3.63) is 45.1 Å². The van der Waals surface area contributed by atoms with E-state index in [1.54, 1.807) is 13.2 Å². The average Bonchev–Trinajstić information content (AvgIpc) is 2.75. The van der Waals surface area contributed by atoms with Crippen LogP contribution in [0.4, 0.5) is 0 Å². The third kappa shape index (κ3) is 13.0. The van der Waals surface area contributed by atoms with Crippen LogP contribution in [0.1, 0.15) is 89.2 Å². The maximum Gasteiger partial charge on any atom is 0.243 e. The SMILES string of the molecule is CCCCCCCCCCCC[N+](C)(CCO)Cc1ccc(OC)c(/C=C(/C)[N+](=O)[O-])c1.[Cl-]. The molecule has 0 aliphatic heterocycles. The monoisotopic (exact) mass is 484 g/mol. The van der Waals surface area contributed by atoms with Gasteiger partial charge in [0.2, 0.25) is 5.70 Å². The standard InChI is InChI=1S/C26H45N2O4.ClH/c1-5-6-7-8-9-10-11-12-13-14-17-28(3,18-19-29)22-24-15-16-26(32-4)25(21-24)20-23(2)27(30)31;/h15-16,20-21,29H,5-14,17-19,22H2,1-4H3;1H/q+1;/p-1/b23-20-;. The molecule has 0 fully saturated rings. The summed E-state index contributed by atoms with van der Waals surface area (Å²) in [4.78, 5) is 10.7. The number of aliphatic hydroxyl groups excluding tert-OH is 1. The molecule has 1 rings (SSSR count).